The number of alkyl halides is 1. The summed E-state index contributed by atoms with van der Waals surface area (Å²) in [4.78, 5) is 0. The Kier molecular flexibility index (Phi) is 2.60. The van der Waals surface area contributed by atoms with Crippen LogP contribution in [0.5, 0.6) is 0 Å². The van der Waals surface area contributed by atoms with E-state index >= 15 is 0 Å². The molecule has 0 bridgehead atoms. The van der Waals surface area contributed by atoms with Crippen molar-refractivity contribution in [1.82, 2.24) is 14.8 Å². The zero-order chi connectivity index (χ0) is 12.8. The van der Waals surface area contributed by atoms with Gasteiger partial charge in [-0.2, -0.15) is 0 Å². The first-order chi connectivity index (χ1) is 9.36. The topological polar surface area (TPSA) is 39.9 Å². The molecule has 1 saturated carbocycles. The molecule has 2 aliphatic rings. The van der Waals surface area contributed by atoms with E-state index in [1.165, 1.54) is 24.0 Å². The minimum atomic E-state index is 0.414. The lowest BCUT2D eigenvalue weighted by molar-refractivity contribution is 0.134. The minimum Gasteiger partial charge on any atom is -0.372 e. The maximum absolute atomic E-state index is 5.96. The summed E-state index contributed by atoms with van der Waals surface area (Å²) in [5.74, 6) is 2.22. The fourth-order valence-electron chi connectivity index (χ4n) is 2.64. The lowest BCUT2D eigenvalue weighted by Crippen LogP contribution is -2.02. The van der Waals surface area contributed by atoms with Crippen molar-refractivity contribution in [2.45, 2.75) is 38.0 Å². The molecule has 0 unspecified atom stereocenters. The molecule has 4 rings (SSSR count). The summed E-state index contributed by atoms with van der Waals surface area (Å²) in [6.45, 7) is 1.42. The predicted octanol–water partition coefficient (Wildman–Crippen LogP) is 3.05. The molecule has 4 nitrogen and oxygen atoms in total. The van der Waals surface area contributed by atoms with Gasteiger partial charge in [-0.3, -0.25) is 0 Å². The maximum Gasteiger partial charge on any atom is 0.164 e. The van der Waals surface area contributed by atoms with E-state index in [0.717, 1.165) is 23.8 Å². The van der Waals surface area contributed by atoms with E-state index in [1.807, 2.05) is 0 Å². The monoisotopic (exact) mass is 275 g/mol. The summed E-state index contributed by atoms with van der Waals surface area (Å²) < 4.78 is 7.66. The van der Waals surface area contributed by atoms with Crippen LogP contribution in [0.15, 0.2) is 18.2 Å². The number of fused-ring (bicyclic) bond motifs is 1. The highest BCUT2D eigenvalue weighted by molar-refractivity contribution is 6.16. The molecule has 0 radical (unpaired) electrons. The van der Waals surface area contributed by atoms with E-state index in [0.29, 0.717) is 18.5 Å². The van der Waals surface area contributed by atoms with E-state index < -0.39 is 0 Å². The Hall–Kier alpha value is -1.39. The Balaban J connectivity index is 1.81. The van der Waals surface area contributed by atoms with Crippen molar-refractivity contribution in [3.8, 4) is 11.4 Å². The molecule has 1 fully saturated rings. The zero-order valence-electron chi connectivity index (χ0n) is 10.5. The van der Waals surface area contributed by atoms with Crippen LogP contribution in [0.25, 0.3) is 11.4 Å². The molecule has 1 aromatic carbocycles. The molecule has 0 atom stereocenters. The Morgan fingerprint density at radius 2 is 2.05 bits per heavy atom. The zero-order valence-corrected chi connectivity index (χ0v) is 11.2. The van der Waals surface area contributed by atoms with E-state index in [9.17, 15) is 0 Å². The van der Waals surface area contributed by atoms with Gasteiger partial charge in [-0.25, -0.2) is 0 Å². The molecule has 98 valence electrons. The molecule has 0 N–H and O–H groups in total. The van der Waals surface area contributed by atoms with Crippen LogP contribution in [0.4, 0.5) is 0 Å². The number of aromatic nitrogens is 3. The molecular formula is C14H14ClN3O. The fourth-order valence-corrected chi connectivity index (χ4v) is 2.82. The Bertz CT molecular complexity index is 634. The highest BCUT2D eigenvalue weighted by atomic mass is 35.5. The third-order valence-electron chi connectivity index (χ3n) is 3.78. The predicted molar refractivity (Wildman–Crippen MR) is 71.8 cm³/mol. The van der Waals surface area contributed by atoms with Gasteiger partial charge in [0.2, 0.25) is 0 Å². The second kappa shape index (κ2) is 4.32. The van der Waals surface area contributed by atoms with Gasteiger partial charge in [0.15, 0.2) is 5.82 Å². The summed E-state index contributed by atoms with van der Waals surface area (Å²) >= 11 is 5.96. The largest absolute Gasteiger partial charge is 0.372 e. The van der Waals surface area contributed by atoms with Crippen LogP contribution in [0.2, 0.25) is 0 Å². The normalized spacial score (nSPS) is 17.7. The van der Waals surface area contributed by atoms with E-state index in [1.54, 1.807) is 0 Å². The Morgan fingerprint density at radius 1 is 1.21 bits per heavy atom. The third-order valence-corrected chi connectivity index (χ3v) is 4.02. The molecule has 2 heterocycles. The number of hydrogen-bond donors (Lipinski definition) is 0. The van der Waals surface area contributed by atoms with Gasteiger partial charge >= 0.3 is 0 Å². The first kappa shape index (κ1) is 11.4. The van der Waals surface area contributed by atoms with Gasteiger partial charge in [-0.15, -0.1) is 21.8 Å². The minimum absolute atomic E-state index is 0.414. The quantitative estimate of drug-likeness (QED) is 0.809. The molecule has 2 aromatic rings. The molecule has 0 spiro atoms. The molecule has 0 amide bonds. The Morgan fingerprint density at radius 3 is 2.84 bits per heavy atom. The van der Waals surface area contributed by atoms with Crippen LogP contribution in [0.3, 0.4) is 0 Å². The van der Waals surface area contributed by atoms with Crippen LogP contribution < -0.4 is 0 Å². The van der Waals surface area contributed by atoms with Crippen molar-refractivity contribution in [2.75, 3.05) is 0 Å². The fraction of sp³-hybridized carbons (Fsp3) is 0.429. The van der Waals surface area contributed by atoms with Crippen LogP contribution in [-0.2, 0) is 23.8 Å². The van der Waals surface area contributed by atoms with Gasteiger partial charge in [0.25, 0.3) is 0 Å². The van der Waals surface area contributed by atoms with Gasteiger partial charge in [-0.1, -0.05) is 12.1 Å². The van der Waals surface area contributed by atoms with Crippen LogP contribution in [0.1, 0.15) is 35.8 Å². The first-order valence-corrected chi connectivity index (χ1v) is 7.10. The van der Waals surface area contributed by atoms with E-state index in [2.05, 4.69) is 33.0 Å². The number of nitrogens with zero attached hydrogens (tertiary/aromatic N) is 3. The van der Waals surface area contributed by atoms with E-state index in [4.69, 9.17) is 16.3 Å². The summed E-state index contributed by atoms with van der Waals surface area (Å²) in [6.07, 6.45) is 2.39. The van der Waals surface area contributed by atoms with Gasteiger partial charge in [0.1, 0.15) is 5.82 Å². The smallest absolute Gasteiger partial charge is 0.164 e. The summed E-state index contributed by atoms with van der Waals surface area (Å²) in [7, 11) is 0. The third kappa shape index (κ3) is 1.86. The second-order valence-corrected chi connectivity index (χ2v) is 5.42. The van der Waals surface area contributed by atoms with E-state index in [-0.39, 0.29) is 0 Å². The van der Waals surface area contributed by atoms with Crippen LogP contribution >= 0.6 is 11.6 Å². The van der Waals surface area contributed by atoms with Crippen molar-refractivity contribution in [3.63, 3.8) is 0 Å². The van der Waals surface area contributed by atoms with Gasteiger partial charge in [0.05, 0.1) is 19.1 Å². The highest BCUT2D eigenvalue weighted by Crippen LogP contribution is 2.39. The van der Waals surface area contributed by atoms with Crippen LogP contribution in [-0.4, -0.2) is 14.8 Å². The van der Waals surface area contributed by atoms with Gasteiger partial charge < -0.3 is 9.30 Å². The van der Waals surface area contributed by atoms with Crippen molar-refractivity contribution in [3.05, 3.63) is 35.2 Å². The number of ether oxygens (including phenoxy) is 1. The Labute approximate surface area is 116 Å². The number of halogens is 1. The molecule has 1 aliphatic heterocycles. The highest BCUT2D eigenvalue weighted by Gasteiger charge is 2.29. The maximum atomic E-state index is 5.96. The van der Waals surface area contributed by atoms with Crippen molar-refractivity contribution >= 4 is 11.6 Å². The standard InChI is InChI=1S/C14H14ClN3O/c15-6-13-16-17-14(18(13)12-3-4-12)9-1-2-10-7-19-8-11(10)5-9/h1-2,5,12H,3-4,6-8H2. The first-order valence-electron chi connectivity index (χ1n) is 6.56. The second-order valence-electron chi connectivity index (χ2n) is 5.15. The number of rotatable bonds is 3. The van der Waals surface area contributed by atoms with Gasteiger partial charge in [-0.05, 0) is 30.0 Å². The van der Waals surface area contributed by atoms with Crippen molar-refractivity contribution < 1.29 is 4.74 Å². The molecular weight excluding hydrogens is 262 g/mol. The molecule has 19 heavy (non-hydrogen) atoms. The molecule has 1 aliphatic carbocycles. The average molecular weight is 276 g/mol. The summed E-state index contributed by atoms with van der Waals surface area (Å²) in [5.41, 5.74) is 3.65. The lowest BCUT2D eigenvalue weighted by Gasteiger charge is -2.08. The number of hydrogen-bond acceptors (Lipinski definition) is 3. The van der Waals surface area contributed by atoms with Gasteiger partial charge in [0, 0.05) is 11.6 Å². The summed E-state index contributed by atoms with van der Waals surface area (Å²) in [6, 6.07) is 6.94. The summed E-state index contributed by atoms with van der Waals surface area (Å²) in [5, 5.41) is 8.55. The van der Waals surface area contributed by atoms with Crippen molar-refractivity contribution in [2.24, 2.45) is 0 Å². The van der Waals surface area contributed by atoms with Crippen LogP contribution in [0, 0.1) is 0 Å². The number of benzene rings is 1. The van der Waals surface area contributed by atoms with Crippen molar-refractivity contribution in [1.29, 1.82) is 0 Å². The molecule has 5 heteroatoms. The molecule has 0 saturated heterocycles. The average Bonchev–Trinajstić information content (AvgIpc) is 3.02. The molecule has 1 aromatic heterocycles. The SMILES string of the molecule is ClCc1nnc(-c2ccc3c(c2)COC3)n1C1CC1. The lowest BCUT2D eigenvalue weighted by atomic mass is 10.1.